The lowest BCUT2D eigenvalue weighted by Crippen LogP contribution is -2.46. The van der Waals surface area contributed by atoms with Gasteiger partial charge in [-0.05, 0) is 37.6 Å². The predicted molar refractivity (Wildman–Crippen MR) is 126 cm³/mol. The van der Waals surface area contributed by atoms with E-state index >= 15 is 0 Å². The van der Waals surface area contributed by atoms with Gasteiger partial charge < -0.3 is 25.3 Å². The number of likely N-dealkylation sites (tertiary alicyclic amines) is 1. The molecule has 2 fully saturated rings. The van der Waals surface area contributed by atoms with Gasteiger partial charge in [0.05, 0.1) is 6.54 Å². The highest BCUT2D eigenvalue weighted by Gasteiger charge is 2.28. The molecular weight excluding hydrogens is 390 g/mol. The van der Waals surface area contributed by atoms with Crippen LogP contribution in [0.25, 0.3) is 0 Å². The fourth-order valence-electron chi connectivity index (χ4n) is 4.15. The Morgan fingerprint density at radius 1 is 1.23 bits per heavy atom. The topological polar surface area (TPSA) is 76.1 Å². The molecule has 172 valence electrons. The molecule has 2 aliphatic heterocycles. The van der Waals surface area contributed by atoms with Crippen molar-refractivity contribution in [3.63, 3.8) is 0 Å². The second kappa shape index (κ2) is 11.3. The molecule has 0 radical (unpaired) electrons. The van der Waals surface area contributed by atoms with Crippen LogP contribution in [0.1, 0.15) is 39.7 Å². The molecule has 0 saturated carbocycles. The zero-order valence-electron chi connectivity index (χ0n) is 19.6. The van der Waals surface area contributed by atoms with E-state index in [4.69, 9.17) is 4.99 Å². The minimum atomic E-state index is 0.0477. The number of pyridine rings is 1. The zero-order valence-corrected chi connectivity index (χ0v) is 19.6. The molecule has 2 saturated heterocycles. The van der Waals surface area contributed by atoms with Crippen LogP contribution >= 0.6 is 0 Å². The Kier molecular flexibility index (Phi) is 8.51. The Labute approximate surface area is 187 Å². The molecule has 1 aromatic heterocycles. The van der Waals surface area contributed by atoms with E-state index in [1.807, 2.05) is 31.0 Å². The van der Waals surface area contributed by atoms with Crippen molar-refractivity contribution in [1.29, 1.82) is 0 Å². The van der Waals surface area contributed by atoms with E-state index in [2.05, 4.69) is 45.3 Å². The largest absolute Gasteiger partial charge is 0.357 e. The van der Waals surface area contributed by atoms with Crippen LogP contribution in [0.2, 0.25) is 0 Å². The summed E-state index contributed by atoms with van der Waals surface area (Å²) in [5, 5.41) is 6.85. The molecule has 2 N–H and O–H groups in total. The fourth-order valence-corrected chi connectivity index (χ4v) is 4.15. The molecule has 0 aliphatic carbocycles. The molecule has 8 nitrogen and oxygen atoms in total. The number of nitrogens with zero attached hydrogens (tertiary/aromatic N) is 5. The van der Waals surface area contributed by atoms with Gasteiger partial charge in [-0.25, -0.2) is 9.98 Å². The van der Waals surface area contributed by atoms with E-state index in [-0.39, 0.29) is 17.9 Å². The second-order valence-corrected chi connectivity index (χ2v) is 8.71. The lowest BCUT2D eigenvalue weighted by Gasteiger charge is -2.34. The second-order valence-electron chi connectivity index (χ2n) is 8.71. The highest BCUT2D eigenvalue weighted by molar-refractivity contribution is 5.81. The van der Waals surface area contributed by atoms with Gasteiger partial charge in [0.15, 0.2) is 5.96 Å². The number of rotatable bonds is 7. The number of likely N-dealkylation sites (N-methyl/N-ethyl adjacent to an activating group) is 1. The third-order valence-corrected chi connectivity index (χ3v) is 6.05. The number of nitrogens with one attached hydrogen (secondary N) is 2. The zero-order chi connectivity index (χ0) is 22.2. The van der Waals surface area contributed by atoms with Crippen LogP contribution in [-0.4, -0.2) is 85.1 Å². The predicted octanol–water partition coefficient (Wildman–Crippen LogP) is 1.54. The van der Waals surface area contributed by atoms with Gasteiger partial charge in [0.2, 0.25) is 5.91 Å². The summed E-state index contributed by atoms with van der Waals surface area (Å²) in [5.74, 6) is 2.13. The van der Waals surface area contributed by atoms with Gasteiger partial charge in [-0.2, -0.15) is 0 Å². The van der Waals surface area contributed by atoms with Crippen molar-refractivity contribution in [2.45, 2.75) is 46.7 Å². The van der Waals surface area contributed by atoms with E-state index in [0.29, 0.717) is 6.54 Å². The standard InChI is InChI=1S/C23H39N7O/c1-5-24-23(27-20-8-10-30(17-20)22(31)18(3)4)26-16-19-7-9-25-21(15-19)29-13-11-28(6-2)12-14-29/h7,9,15,18,20H,5-6,8,10-14,16-17H2,1-4H3,(H2,24,26,27). The Hall–Kier alpha value is -2.35. The van der Waals surface area contributed by atoms with E-state index < -0.39 is 0 Å². The smallest absolute Gasteiger partial charge is 0.225 e. The van der Waals surface area contributed by atoms with Gasteiger partial charge in [0.25, 0.3) is 0 Å². The number of piperazine rings is 1. The summed E-state index contributed by atoms with van der Waals surface area (Å²) in [6.07, 6.45) is 2.84. The number of aromatic nitrogens is 1. The average Bonchev–Trinajstić information content (AvgIpc) is 3.25. The molecule has 0 aromatic carbocycles. The SMILES string of the molecule is CCNC(=NCc1ccnc(N2CCN(CC)CC2)c1)NC1CCN(C(=O)C(C)C)C1. The summed E-state index contributed by atoms with van der Waals surface area (Å²) >= 11 is 0. The Balaban J connectivity index is 1.57. The summed E-state index contributed by atoms with van der Waals surface area (Å²) < 4.78 is 0. The number of hydrogen-bond donors (Lipinski definition) is 2. The van der Waals surface area contributed by atoms with E-state index in [9.17, 15) is 4.79 Å². The number of anilines is 1. The Bertz CT molecular complexity index is 743. The summed E-state index contributed by atoms with van der Waals surface area (Å²) in [4.78, 5) is 28.4. The lowest BCUT2D eigenvalue weighted by atomic mass is 10.2. The van der Waals surface area contributed by atoms with E-state index in [1.54, 1.807) is 0 Å². The number of amides is 1. The number of carbonyl (C=O) groups excluding carboxylic acids is 1. The number of aliphatic imine (C=N–C) groups is 1. The lowest BCUT2D eigenvalue weighted by molar-refractivity contribution is -0.133. The van der Waals surface area contributed by atoms with Crippen molar-refractivity contribution in [2.24, 2.45) is 10.9 Å². The molecule has 0 spiro atoms. The van der Waals surface area contributed by atoms with Crippen molar-refractivity contribution < 1.29 is 4.79 Å². The first-order valence-corrected chi connectivity index (χ1v) is 11.8. The van der Waals surface area contributed by atoms with E-state index in [1.165, 1.54) is 0 Å². The van der Waals surface area contributed by atoms with Crippen LogP contribution in [0, 0.1) is 5.92 Å². The molecule has 3 rings (SSSR count). The third-order valence-electron chi connectivity index (χ3n) is 6.05. The van der Waals surface area contributed by atoms with Crippen LogP contribution in [-0.2, 0) is 11.3 Å². The van der Waals surface area contributed by atoms with E-state index in [0.717, 1.165) is 76.1 Å². The monoisotopic (exact) mass is 429 g/mol. The number of hydrogen-bond acceptors (Lipinski definition) is 5. The molecule has 1 amide bonds. The quantitative estimate of drug-likeness (QED) is 0.506. The molecule has 2 aliphatic rings. The minimum absolute atomic E-state index is 0.0477. The van der Waals surface area contributed by atoms with Crippen molar-refractivity contribution >= 4 is 17.7 Å². The highest BCUT2D eigenvalue weighted by Crippen LogP contribution is 2.16. The molecule has 3 heterocycles. The fraction of sp³-hybridized carbons (Fsp3) is 0.696. The first-order chi connectivity index (χ1) is 15.0. The van der Waals surface area contributed by atoms with Crippen molar-refractivity contribution in [3.05, 3.63) is 23.9 Å². The van der Waals surface area contributed by atoms with Gasteiger partial charge in [-0.1, -0.05) is 20.8 Å². The number of guanidine groups is 1. The maximum absolute atomic E-state index is 12.3. The van der Waals surface area contributed by atoms with Crippen molar-refractivity contribution in [1.82, 2.24) is 25.4 Å². The van der Waals surface area contributed by atoms with Gasteiger partial charge in [-0.3, -0.25) is 4.79 Å². The molecule has 1 atom stereocenters. The van der Waals surface area contributed by atoms with Crippen molar-refractivity contribution in [2.75, 3.05) is 57.3 Å². The summed E-state index contributed by atoms with van der Waals surface area (Å²) in [6.45, 7) is 16.5. The third kappa shape index (κ3) is 6.56. The first-order valence-electron chi connectivity index (χ1n) is 11.8. The molecule has 31 heavy (non-hydrogen) atoms. The summed E-state index contributed by atoms with van der Waals surface area (Å²) in [7, 11) is 0. The molecular formula is C23H39N7O. The van der Waals surface area contributed by atoms with Crippen LogP contribution in [0.5, 0.6) is 0 Å². The van der Waals surface area contributed by atoms with Crippen LogP contribution in [0.15, 0.2) is 23.3 Å². The van der Waals surface area contributed by atoms with Crippen LogP contribution in [0.3, 0.4) is 0 Å². The Morgan fingerprint density at radius 2 is 2.00 bits per heavy atom. The normalized spacial score (nSPS) is 20.4. The summed E-state index contributed by atoms with van der Waals surface area (Å²) in [5.41, 5.74) is 1.16. The van der Waals surface area contributed by atoms with Crippen molar-refractivity contribution in [3.8, 4) is 0 Å². The highest BCUT2D eigenvalue weighted by atomic mass is 16.2. The maximum atomic E-state index is 12.3. The van der Waals surface area contributed by atoms with Gasteiger partial charge in [-0.15, -0.1) is 0 Å². The van der Waals surface area contributed by atoms with Crippen LogP contribution < -0.4 is 15.5 Å². The average molecular weight is 430 g/mol. The Morgan fingerprint density at radius 3 is 2.68 bits per heavy atom. The van der Waals surface area contributed by atoms with Gasteiger partial charge >= 0.3 is 0 Å². The summed E-state index contributed by atoms with van der Waals surface area (Å²) in [6, 6.07) is 4.44. The minimum Gasteiger partial charge on any atom is -0.357 e. The molecule has 1 aromatic rings. The molecule has 8 heteroatoms. The van der Waals surface area contributed by atoms with Crippen LogP contribution in [0.4, 0.5) is 5.82 Å². The van der Waals surface area contributed by atoms with Gasteiger partial charge in [0, 0.05) is 64.0 Å². The van der Waals surface area contributed by atoms with Gasteiger partial charge in [0.1, 0.15) is 5.82 Å². The first kappa shape index (κ1) is 23.3. The molecule has 1 unspecified atom stereocenters. The molecule has 0 bridgehead atoms. The maximum Gasteiger partial charge on any atom is 0.225 e. The number of carbonyl (C=O) groups is 1.